The van der Waals surface area contributed by atoms with Crippen LogP contribution in [0, 0.1) is 0 Å². The van der Waals surface area contributed by atoms with E-state index < -0.39 is 18.0 Å². The molecule has 0 saturated heterocycles. The first-order valence-electron chi connectivity index (χ1n) is 13.6. The van der Waals surface area contributed by atoms with E-state index >= 15 is 0 Å². The summed E-state index contributed by atoms with van der Waals surface area (Å²) in [6.45, 7) is 1.54. The van der Waals surface area contributed by atoms with Gasteiger partial charge in [-0.3, -0.25) is 14.4 Å². The molecule has 40 heavy (non-hydrogen) atoms. The van der Waals surface area contributed by atoms with Gasteiger partial charge in [-0.1, -0.05) is 84.9 Å². The van der Waals surface area contributed by atoms with Gasteiger partial charge in [0.05, 0.1) is 12.5 Å². The van der Waals surface area contributed by atoms with Gasteiger partial charge in [-0.15, -0.1) is 0 Å². The minimum atomic E-state index is -1.11. The Bertz CT molecular complexity index is 1200. The standard InChI is InChI=1S/C31H40N6O3/c32-17-19-37(20-18-33)29(38)21-27(34)30(39)36-28(16-13-23-7-3-1-4-8-23)31(40)35-22-24-11-14-26(15-12-24)25-9-5-2-6-10-25/h1-12,14-15,27-28H,13,16-22,32-34H2,(H,35,40)(H,36,39)/t27-,28-/m0/s1. The van der Waals surface area contributed by atoms with E-state index in [-0.39, 0.29) is 31.3 Å². The monoisotopic (exact) mass is 544 g/mol. The number of nitrogens with two attached hydrogens (primary N) is 3. The molecule has 3 amide bonds. The van der Waals surface area contributed by atoms with Gasteiger partial charge < -0.3 is 32.7 Å². The number of rotatable bonds is 15. The van der Waals surface area contributed by atoms with Crippen molar-refractivity contribution in [2.75, 3.05) is 26.2 Å². The minimum Gasteiger partial charge on any atom is -0.350 e. The smallest absolute Gasteiger partial charge is 0.242 e. The SMILES string of the molecule is NCCN(CCN)C(=O)C[C@H](N)C(=O)N[C@@H](CCc1ccccc1)C(=O)NCc1ccc(-c2ccccc2)cc1. The Balaban J connectivity index is 1.62. The van der Waals surface area contributed by atoms with Crippen molar-refractivity contribution in [3.8, 4) is 11.1 Å². The fourth-order valence-electron chi connectivity index (χ4n) is 4.34. The third-order valence-corrected chi connectivity index (χ3v) is 6.61. The summed E-state index contributed by atoms with van der Waals surface area (Å²) in [6.07, 6.45) is 0.758. The first kappa shape index (κ1) is 30.5. The summed E-state index contributed by atoms with van der Waals surface area (Å²) in [7, 11) is 0. The average Bonchev–Trinajstić information content (AvgIpc) is 2.99. The molecule has 8 N–H and O–H groups in total. The van der Waals surface area contributed by atoms with Gasteiger partial charge in [-0.25, -0.2) is 0 Å². The summed E-state index contributed by atoms with van der Waals surface area (Å²) in [5, 5.41) is 5.70. The zero-order valence-electron chi connectivity index (χ0n) is 22.8. The van der Waals surface area contributed by atoms with Gasteiger partial charge in [0.25, 0.3) is 0 Å². The zero-order valence-corrected chi connectivity index (χ0v) is 22.8. The summed E-state index contributed by atoms with van der Waals surface area (Å²) in [4.78, 5) is 40.3. The van der Waals surface area contributed by atoms with Gasteiger partial charge in [0, 0.05) is 32.7 Å². The van der Waals surface area contributed by atoms with Crippen LogP contribution in [0.2, 0.25) is 0 Å². The number of carbonyl (C=O) groups excluding carboxylic acids is 3. The van der Waals surface area contributed by atoms with Crippen LogP contribution < -0.4 is 27.8 Å². The molecule has 3 aromatic rings. The first-order chi connectivity index (χ1) is 19.4. The van der Waals surface area contributed by atoms with Gasteiger partial charge >= 0.3 is 0 Å². The number of carbonyl (C=O) groups is 3. The highest BCUT2D eigenvalue weighted by atomic mass is 16.2. The van der Waals surface area contributed by atoms with Crippen molar-refractivity contribution in [1.82, 2.24) is 15.5 Å². The van der Waals surface area contributed by atoms with Crippen LogP contribution in [0.25, 0.3) is 11.1 Å². The van der Waals surface area contributed by atoms with Crippen LogP contribution in [-0.4, -0.2) is 60.9 Å². The maximum Gasteiger partial charge on any atom is 0.242 e. The molecule has 0 aliphatic carbocycles. The molecule has 0 radical (unpaired) electrons. The lowest BCUT2D eigenvalue weighted by Gasteiger charge is -2.24. The molecule has 0 aliphatic rings. The normalized spacial score (nSPS) is 12.3. The van der Waals surface area contributed by atoms with Crippen LogP contribution in [0.4, 0.5) is 0 Å². The van der Waals surface area contributed by atoms with Crippen LogP contribution in [0.1, 0.15) is 24.0 Å². The fraction of sp³-hybridized carbons (Fsp3) is 0.323. The Morgan fingerprint density at radius 2 is 1.30 bits per heavy atom. The van der Waals surface area contributed by atoms with Gasteiger partial charge in [0.1, 0.15) is 6.04 Å². The van der Waals surface area contributed by atoms with Crippen molar-refractivity contribution in [1.29, 1.82) is 0 Å². The number of nitrogens with zero attached hydrogens (tertiary/aromatic N) is 1. The lowest BCUT2D eigenvalue weighted by Crippen LogP contribution is -2.53. The van der Waals surface area contributed by atoms with Crippen molar-refractivity contribution in [3.05, 3.63) is 96.1 Å². The maximum absolute atomic E-state index is 13.2. The number of amides is 3. The lowest BCUT2D eigenvalue weighted by molar-refractivity contribution is -0.135. The molecular weight excluding hydrogens is 504 g/mol. The largest absolute Gasteiger partial charge is 0.350 e. The molecule has 9 heteroatoms. The number of hydrogen-bond acceptors (Lipinski definition) is 6. The Morgan fingerprint density at radius 3 is 1.90 bits per heavy atom. The predicted molar refractivity (Wildman–Crippen MR) is 158 cm³/mol. The molecule has 3 aromatic carbocycles. The molecule has 212 valence electrons. The highest BCUT2D eigenvalue weighted by Gasteiger charge is 2.26. The number of nitrogens with one attached hydrogen (secondary N) is 2. The molecule has 2 atom stereocenters. The molecule has 0 aromatic heterocycles. The third kappa shape index (κ3) is 9.60. The highest BCUT2D eigenvalue weighted by Crippen LogP contribution is 2.19. The van der Waals surface area contributed by atoms with E-state index in [0.29, 0.717) is 32.5 Å². The second kappa shape index (κ2) is 16.1. The molecular formula is C31H40N6O3. The van der Waals surface area contributed by atoms with Crippen molar-refractivity contribution in [3.63, 3.8) is 0 Å². The van der Waals surface area contributed by atoms with E-state index in [1.807, 2.05) is 84.9 Å². The van der Waals surface area contributed by atoms with E-state index in [1.165, 1.54) is 4.90 Å². The maximum atomic E-state index is 13.2. The quantitative estimate of drug-likeness (QED) is 0.195. The van der Waals surface area contributed by atoms with Crippen LogP contribution in [-0.2, 0) is 27.3 Å². The van der Waals surface area contributed by atoms with Crippen LogP contribution in [0.15, 0.2) is 84.9 Å². The molecule has 0 saturated carbocycles. The molecule has 0 aliphatic heterocycles. The molecule has 0 bridgehead atoms. The summed E-state index contributed by atoms with van der Waals surface area (Å²) >= 11 is 0. The minimum absolute atomic E-state index is 0.202. The van der Waals surface area contributed by atoms with Crippen molar-refractivity contribution >= 4 is 17.7 Å². The number of hydrogen-bond donors (Lipinski definition) is 5. The van der Waals surface area contributed by atoms with Gasteiger partial charge in [0.15, 0.2) is 0 Å². The van der Waals surface area contributed by atoms with E-state index in [1.54, 1.807) is 0 Å². The average molecular weight is 545 g/mol. The zero-order chi connectivity index (χ0) is 28.7. The Morgan fingerprint density at radius 1 is 0.725 bits per heavy atom. The number of benzene rings is 3. The summed E-state index contributed by atoms with van der Waals surface area (Å²) in [6, 6.07) is 25.8. The topological polar surface area (TPSA) is 157 Å². The Hall–Kier alpha value is -4.05. The van der Waals surface area contributed by atoms with Crippen LogP contribution in [0.5, 0.6) is 0 Å². The second-order valence-corrected chi connectivity index (χ2v) is 9.63. The van der Waals surface area contributed by atoms with E-state index in [4.69, 9.17) is 17.2 Å². The van der Waals surface area contributed by atoms with Crippen LogP contribution >= 0.6 is 0 Å². The molecule has 0 unspecified atom stereocenters. The fourth-order valence-corrected chi connectivity index (χ4v) is 4.34. The van der Waals surface area contributed by atoms with Crippen molar-refractivity contribution in [2.24, 2.45) is 17.2 Å². The van der Waals surface area contributed by atoms with Gasteiger partial charge in [-0.2, -0.15) is 0 Å². The van der Waals surface area contributed by atoms with Gasteiger partial charge in [0.2, 0.25) is 17.7 Å². The Labute approximate surface area is 236 Å². The molecule has 9 nitrogen and oxygen atoms in total. The van der Waals surface area contributed by atoms with E-state index in [0.717, 1.165) is 22.3 Å². The predicted octanol–water partition coefficient (Wildman–Crippen LogP) is 1.55. The second-order valence-electron chi connectivity index (χ2n) is 9.63. The van der Waals surface area contributed by atoms with Crippen molar-refractivity contribution < 1.29 is 14.4 Å². The summed E-state index contributed by atoms with van der Waals surface area (Å²) < 4.78 is 0. The van der Waals surface area contributed by atoms with Crippen LogP contribution in [0.3, 0.4) is 0 Å². The van der Waals surface area contributed by atoms with E-state index in [2.05, 4.69) is 10.6 Å². The Kier molecular flexibility index (Phi) is 12.3. The molecule has 3 rings (SSSR count). The molecule has 0 heterocycles. The number of aryl methyl sites for hydroxylation is 1. The molecule has 0 spiro atoms. The summed E-state index contributed by atoms with van der Waals surface area (Å²) in [5.41, 5.74) is 21.4. The third-order valence-electron chi connectivity index (χ3n) is 6.61. The first-order valence-corrected chi connectivity index (χ1v) is 13.6. The van der Waals surface area contributed by atoms with Crippen molar-refractivity contribution in [2.45, 2.75) is 37.9 Å². The lowest BCUT2D eigenvalue weighted by atomic mass is 10.0. The van der Waals surface area contributed by atoms with E-state index in [9.17, 15) is 14.4 Å². The molecule has 0 fully saturated rings. The highest BCUT2D eigenvalue weighted by molar-refractivity contribution is 5.92. The summed E-state index contributed by atoms with van der Waals surface area (Å²) in [5.74, 6) is -1.18. The van der Waals surface area contributed by atoms with Gasteiger partial charge in [-0.05, 0) is 35.1 Å².